The van der Waals surface area contributed by atoms with Crippen LogP contribution in [0.25, 0.3) is 0 Å². The molecule has 2 fully saturated rings. The number of rotatable bonds is 5. The van der Waals surface area contributed by atoms with Crippen molar-refractivity contribution < 1.29 is 19.1 Å². The Bertz CT molecular complexity index is 741. The Balaban J connectivity index is 1.50. The minimum atomic E-state index is -0.238. The van der Waals surface area contributed by atoms with Crippen LogP contribution in [-0.4, -0.2) is 66.3 Å². The summed E-state index contributed by atoms with van der Waals surface area (Å²) in [5, 5.41) is 3.05. The second kappa shape index (κ2) is 8.63. The van der Waals surface area contributed by atoms with E-state index in [2.05, 4.69) is 5.32 Å². The number of methoxy groups -OCH3 is 1. The largest absolute Gasteiger partial charge is 0.497 e. The smallest absolute Gasteiger partial charge is 0.251 e. The van der Waals surface area contributed by atoms with Crippen molar-refractivity contribution in [3.8, 4) is 5.75 Å². The summed E-state index contributed by atoms with van der Waals surface area (Å²) in [4.78, 5) is 40.9. The number of nitrogens with one attached hydrogen (secondary N) is 1. The fraction of sp³-hybridized carbons (Fsp3) is 0.571. The van der Waals surface area contributed by atoms with Gasteiger partial charge in [0, 0.05) is 43.7 Å². The summed E-state index contributed by atoms with van der Waals surface area (Å²) in [7, 11) is 1.57. The number of hydrogen-bond acceptors (Lipinski definition) is 4. The molecule has 7 heteroatoms. The maximum atomic E-state index is 12.8. The molecule has 3 rings (SSSR count). The molecule has 2 saturated heterocycles. The van der Waals surface area contributed by atoms with E-state index in [-0.39, 0.29) is 35.7 Å². The van der Waals surface area contributed by atoms with Gasteiger partial charge in [-0.05, 0) is 44.9 Å². The average Bonchev–Trinajstić information content (AvgIpc) is 3.10. The van der Waals surface area contributed by atoms with Gasteiger partial charge in [0.1, 0.15) is 5.75 Å². The van der Waals surface area contributed by atoms with Crippen LogP contribution < -0.4 is 10.1 Å². The van der Waals surface area contributed by atoms with Crippen molar-refractivity contribution in [2.75, 3.05) is 26.7 Å². The number of hydrogen-bond donors (Lipinski definition) is 1. The lowest BCUT2D eigenvalue weighted by atomic mass is 10.0. The molecule has 1 aromatic rings. The molecule has 1 unspecified atom stereocenters. The Hall–Kier alpha value is -2.57. The van der Waals surface area contributed by atoms with Crippen molar-refractivity contribution in [1.82, 2.24) is 15.1 Å². The van der Waals surface area contributed by atoms with E-state index in [1.54, 1.807) is 36.3 Å². The molecule has 0 spiro atoms. The molecule has 2 heterocycles. The first-order chi connectivity index (χ1) is 13.4. The third-order valence-corrected chi connectivity index (χ3v) is 5.60. The highest BCUT2D eigenvalue weighted by Gasteiger charge is 2.38. The molecule has 0 aromatic heterocycles. The van der Waals surface area contributed by atoms with Crippen LogP contribution in [0.3, 0.4) is 0 Å². The van der Waals surface area contributed by atoms with Crippen LogP contribution in [0.5, 0.6) is 5.75 Å². The molecule has 152 valence electrons. The molecule has 1 N–H and O–H groups in total. The van der Waals surface area contributed by atoms with Crippen LogP contribution in [0.15, 0.2) is 24.3 Å². The zero-order valence-electron chi connectivity index (χ0n) is 16.8. The number of carbonyl (C=O) groups excluding carboxylic acids is 3. The zero-order valence-corrected chi connectivity index (χ0v) is 16.8. The summed E-state index contributed by atoms with van der Waals surface area (Å²) in [6.07, 6.45) is 1.75. The molecular formula is C21H29N3O4. The number of benzene rings is 1. The van der Waals surface area contributed by atoms with Crippen molar-refractivity contribution >= 4 is 17.7 Å². The third-order valence-electron chi connectivity index (χ3n) is 5.60. The summed E-state index contributed by atoms with van der Waals surface area (Å²) < 4.78 is 5.16. The van der Waals surface area contributed by atoms with Gasteiger partial charge in [0.15, 0.2) is 0 Å². The summed E-state index contributed by atoms with van der Waals surface area (Å²) in [6, 6.07) is 7.23. The van der Waals surface area contributed by atoms with Crippen molar-refractivity contribution in [2.24, 2.45) is 5.92 Å². The van der Waals surface area contributed by atoms with E-state index in [4.69, 9.17) is 4.74 Å². The Labute approximate surface area is 166 Å². The Kier molecular flexibility index (Phi) is 6.21. The molecule has 28 heavy (non-hydrogen) atoms. The number of ether oxygens (including phenoxy) is 1. The van der Waals surface area contributed by atoms with Crippen LogP contribution in [0.1, 0.15) is 43.5 Å². The molecule has 2 aliphatic heterocycles. The standard InChI is InChI=1S/C21H29N3O4/c1-14(2)24-13-16(12-19(24)25)21(27)23-9-7-17(8-10-23)22-20(26)15-5-4-6-18(11-15)28-3/h4-6,11,14,16-17H,7-10,12-13H2,1-3H3,(H,22,26). The molecule has 0 bridgehead atoms. The molecule has 0 aliphatic carbocycles. The van der Waals surface area contributed by atoms with Gasteiger partial charge in [-0.15, -0.1) is 0 Å². The first-order valence-electron chi connectivity index (χ1n) is 9.92. The first kappa shape index (κ1) is 20.2. The van der Waals surface area contributed by atoms with Gasteiger partial charge in [-0.25, -0.2) is 0 Å². The van der Waals surface area contributed by atoms with Gasteiger partial charge in [0.2, 0.25) is 11.8 Å². The van der Waals surface area contributed by atoms with Gasteiger partial charge in [-0.1, -0.05) is 6.07 Å². The fourth-order valence-electron chi connectivity index (χ4n) is 3.93. The van der Waals surface area contributed by atoms with E-state index >= 15 is 0 Å². The topological polar surface area (TPSA) is 79.0 Å². The second-order valence-corrected chi connectivity index (χ2v) is 7.85. The van der Waals surface area contributed by atoms with Crippen molar-refractivity contribution in [3.63, 3.8) is 0 Å². The SMILES string of the molecule is COc1cccc(C(=O)NC2CCN(C(=O)C3CC(=O)N(C(C)C)C3)CC2)c1. The predicted molar refractivity (Wildman–Crippen MR) is 105 cm³/mol. The summed E-state index contributed by atoms with van der Waals surface area (Å²) in [5.74, 6) is 0.410. The van der Waals surface area contributed by atoms with Gasteiger partial charge in [-0.2, -0.15) is 0 Å². The van der Waals surface area contributed by atoms with Gasteiger partial charge in [-0.3, -0.25) is 14.4 Å². The summed E-state index contributed by atoms with van der Waals surface area (Å²) in [5.41, 5.74) is 0.566. The molecule has 0 radical (unpaired) electrons. The van der Waals surface area contributed by atoms with E-state index in [9.17, 15) is 14.4 Å². The Morgan fingerprint density at radius 1 is 1.21 bits per heavy atom. The van der Waals surface area contributed by atoms with Crippen molar-refractivity contribution in [1.29, 1.82) is 0 Å². The molecule has 1 aromatic carbocycles. The molecule has 1 atom stereocenters. The first-order valence-corrected chi connectivity index (χ1v) is 9.92. The molecule has 0 saturated carbocycles. The molecular weight excluding hydrogens is 358 g/mol. The summed E-state index contributed by atoms with van der Waals surface area (Å²) >= 11 is 0. The number of piperidine rings is 1. The number of carbonyl (C=O) groups is 3. The summed E-state index contributed by atoms with van der Waals surface area (Å²) in [6.45, 7) is 5.67. The maximum absolute atomic E-state index is 12.8. The lowest BCUT2D eigenvalue weighted by Gasteiger charge is -2.34. The highest BCUT2D eigenvalue weighted by molar-refractivity contribution is 5.94. The van der Waals surface area contributed by atoms with E-state index in [1.165, 1.54) is 0 Å². The predicted octanol–water partition coefficient (Wildman–Crippen LogP) is 1.67. The quantitative estimate of drug-likeness (QED) is 0.834. The van der Waals surface area contributed by atoms with Crippen LogP contribution in [-0.2, 0) is 9.59 Å². The van der Waals surface area contributed by atoms with Crippen molar-refractivity contribution in [2.45, 2.75) is 45.2 Å². The van der Waals surface area contributed by atoms with Gasteiger partial charge >= 0.3 is 0 Å². The fourth-order valence-corrected chi connectivity index (χ4v) is 3.93. The van der Waals surface area contributed by atoms with E-state index < -0.39 is 0 Å². The van der Waals surface area contributed by atoms with Gasteiger partial charge in [0.05, 0.1) is 13.0 Å². The minimum absolute atomic E-state index is 0.0418. The monoisotopic (exact) mass is 387 g/mol. The van der Waals surface area contributed by atoms with E-state index in [0.717, 1.165) is 12.8 Å². The lowest BCUT2D eigenvalue weighted by molar-refractivity contribution is -0.136. The van der Waals surface area contributed by atoms with Crippen LogP contribution in [0, 0.1) is 5.92 Å². The van der Waals surface area contributed by atoms with E-state index in [1.807, 2.05) is 18.7 Å². The minimum Gasteiger partial charge on any atom is -0.497 e. The van der Waals surface area contributed by atoms with Crippen LogP contribution in [0.4, 0.5) is 0 Å². The normalized spacial score (nSPS) is 20.6. The molecule has 7 nitrogen and oxygen atoms in total. The number of amides is 3. The molecule has 2 aliphatic rings. The highest BCUT2D eigenvalue weighted by atomic mass is 16.5. The Morgan fingerprint density at radius 2 is 1.93 bits per heavy atom. The van der Waals surface area contributed by atoms with Crippen LogP contribution >= 0.6 is 0 Å². The van der Waals surface area contributed by atoms with Gasteiger partial charge < -0.3 is 19.9 Å². The number of nitrogens with zero attached hydrogens (tertiary/aromatic N) is 2. The lowest BCUT2D eigenvalue weighted by Crippen LogP contribution is -2.48. The maximum Gasteiger partial charge on any atom is 0.251 e. The third kappa shape index (κ3) is 4.46. The highest BCUT2D eigenvalue weighted by Crippen LogP contribution is 2.24. The van der Waals surface area contributed by atoms with E-state index in [0.29, 0.717) is 37.4 Å². The van der Waals surface area contributed by atoms with Crippen molar-refractivity contribution in [3.05, 3.63) is 29.8 Å². The average molecular weight is 387 g/mol. The van der Waals surface area contributed by atoms with Gasteiger partial charge in [0.25, 0.3) is 5.91 Å². The zero-order chi connectivity index (χ0) is 20.3. The molecule has 3 amide bonds. The van der Waals surface area contributed by atoms with Crippen LogP contribution in [0.2, 0.25) is 0 Å². The Morgan fingerprint density at radius 3 is 2.54 bits per heavy atom. The second-order valence-electron chi connectivity index (χ2n) is 7.85. The number of likely N-dealkylation sites (tertiary alicyclic amines) is 2.